The maximum absolute atomic E-state index is 11.4. The molecule has 2 rings (SSSR count). The van der Waals surface area contributed by atoms with Crippen LogP contribution in [0.4, 0.5) is 4.79 Å². The molecular formula is C6H10N6O3. The maximum atomic E-state index is 11.4. The predicted molar refractivity (Wildman–Crippen MR) is 49.2 cm³/mol. The minimum atomic E-state index is -0.700. The van der Waals surface area contributed by atoms with Crippen LogP contribution in [0.15, 0.2) is 4.99 Å². The SMILES string of the molecule is CN1C(=O)N(C)[C@@H]2NC(N[N+](=O)[O-])=N[C@H]21. The van der Waals surface area contributed by atoms with Gasteiger partial charge in [-0.15, -0.1) is 0 Å². The molecule has 2 atom stereocenters. The van der Waals surface area contributed by atoms with Crippen molar-refractivity contribution in [3.05, 3.63) is 10.1 Å². The number of nitrogens with zero attached hydrogens (tertiary/aromatic N) is 4. The van der Waals surface area contributed by atoms with Gasteiger partial charge >= 0.3 is 6.03 Å². The number of carbonyl (C=O) groups excluding carboxylic acids is 1. The summed E-state index contributed by atoms with van der Waals surface area (Å²) in [5.41, 5.74) is 1.92. The number of rotatable bonds is 1. The minimum Gasteiger partial charge on any atom is -0.328 e. The van der Waals surface area contributed by atoms with Gasteiger partial charge in [-0.2, -0.15) is 0 Å². The molecule has 0 saturated carbocycles. The van der Waals surface area contributed by atoms with E-state index in [1.807, 2.05) is 5.43 Å². The Hall–Kier alpha value is -2.06. The number of amides is 2. The molecule has 0 aromatic carbocycles. The monoisotopic (exact) mass is 214 g/mol. The maximum Gasteiger partial charge on any atom is 0.323 e. The number of hydrogen-bond donors (Lipinski definition) is 2. The fraction of sp³-hybridized carbons (Fsp3) is 0.667. The van der Waals surface area contributed by atoms with Gasteiger partial charge in [0.1, 0.15) is 6.17 Å². The van der Waals surface area contributed by atoms with E-state index in [-0.39, 0.29) is 18.2 Å². The molecule has 1 fully saturated rings. The van der Waals surface area contributed by atoms with E-state index in [0.717, 1.165) is 0 Å². The number of hydrazine groups is 1. The van der Waals surface area contributed by atoms with Gasteiger partial charge in [0.05, 0.1) is 0 Å². The van der Waals surface area contributed by atoms with Crippen molar-refractivity contribution in [3.63, 3.8) is 0 Å². The summed E-state index contributed by atoms with van der Waals surface area (Å²) in [6, 6.07) is -0.165. The molecule has 2 aliphatic heterocycles. The van der Waals surface area contributed by atoms with Crippen molar-refractivity contribution in [3.8, 4) is 0 Å². The van der Waals surface area contributed by atoms with Gasteiger partial charge in [0.2, 0.25) is 0 Å². The van der Waals surface area contributed by atoms with Crippen molar-refractivity contribution < 1.29 is 9.83 Å². The molecule has 2 aliphatic rings. The summed E-state index contributed by atoms with van der Waals surface area (Å²) in [6.07, 6.45) is -0.755. The first-order valence-corrected chi connectivity index (χ1v) is 4.25. The molecule has 0 unspecified atom stereocenters. The number of aliphatic imine (C=N–C) groups is 1. The highest BCUT2D eigenvalue weighted by Gasteiger charge is 2.46. The third-order valence-corrected chi connectivity index (χ3v) is 2.44. The Morgan fingerprint density at radius 1 is 1.53 bits per heavy atom. The number of hydrogen-bond acceptors (Lipinski definition) is 5. The number of likely N-dealkylation sites (N-methyl/N-ethyl adjacent to an activating group) is 2. The Labute approximate surface area is 84.9 Å². The van der Waals surface area contributed by atoms with E-state index in [2.05, 4.69) is 10.3 Å². The lowest BCUT2D eigenvalue weighted by molar-refractivity contribution is -0.525. The average Bonchev–Trinajstić information content (AvgIpc) is 2.63. The van der Waals surface area contributed by atoms with Gasteiger partial charge in [-0.3, -0.25) is 0 Å². The van der Waals surface area contributed by atoms with Gasteiger partial charge in [0.15, 0.2) is 11.2 Å². The first kappa shape index (κ1) is 9.49. The number of urea groups is 1. The molecule has 2 amide bonds. The fourth-order valence-corrected chi connectivity index (χ4v) is 1.68. The van der Waals surface area contributed by atoms with Crippen LogP contribution in [0, 0.1) is 10.1 Å². The second kappa shape index (κ2) is 2.97. The van der Waals surface area contributed by atoms with Gasteiger partial charge in [0, 0.05) is 14.1 Å². The fourth-order valence-electron chi connectivity index (χ4n) is 1.68. The van der Waals surface area contributed by atoms with E-state index >= 15 is 0 Å². The molecule has 0 aromatic rings. The van der Waals surface area contributed by atoms with Crippen molar-refractivity contribution in [1.29, 1.82) is 0 Å². The Morgan fingerprint density at radius 2 is 2.20 bits per heavy atom. The molecule has 1 saturated heterocycles. The lowest BCUT2D eigenvalue weighted by atomic mass is 10.4. The number of fused-ring (bicyclic) bond motifs is 1. The number of carbonyl (C=O) groups is 1. The molecule has 0 aromatic heterocycles. The van der Waals surface area contributed by atoms with E-state index in [0.29, 0.717) is 0 Å². The van der Waals surface area contributed by atoms with Gasteiger partial charge in [0.25, 0.3) is 5.96 Å². The summed E-state index contributed by atoms with van der Waals surface area (Å²) < 4.78 is 0. The molecule has 0 radical (unpaired) electrons. The van der Waals surface area contributed by atoms with Crippen molar-refractivity contribution in [1.82, 2.24) is 20.5 Å². The Balaban J connectivity index is 2.15. The number of nitrogens with one attached hydrogen (secondary N) is 2. The molecule has 0 bridgehead atoms. The van der Waals surface area contributed by atoms with Crippen LogP contribution in [-0.4, -0.2) is 53.2 Å². The van der Waals surface area contributed by atoms with Gasteiger partial charge in [-0.1, -0.05) is 5.43 Å². The normalized spacial score (nSPS) is 28.7. The molecule has 2 heterocycles. The first-order valence-electron chi connectivity index (χ1n) is 4.25. The summed E-state index contributed by atoms with van der Waals surface area (Å²) in [7, 11) is 3.21. The highest BCUT2D eigenvalue weighted by atomic mass is 16.7. The Kier molecular flexibility index (Phi) is 1.88. The van der Waals surface area contributed by atoms with E-state index < -0.39 is 11.2 Å². The lowest BCUT2D eigenvalue weighted by Crippen LogP contribution is -2.47. The van der Waals surface area contributed by atoms with Gasteiger partial charge < -0.3 is 15.1 Å². The van der Waals surface area contributed by atoms with Crippen LogP contribution in [0.2, 0.25) is 0 Å². The molecule has 9 heteroatoms. The zero-order valence-electron chi connectivity index (χ0n) is 8.17. The largest absolute Gasteiger partial charge is 0.328 e. The van der Waals surface area contributed by atoms with Crippen LogP contribution >= 0.6 is 0 Å². The quantitative estimate of drug-likeness (QED) is 0.403. The second-order valence-corrected chi connectivity index (χ2v) is 3.35. The number of nitro groups is 1. The zero-order chi connectivity index (χ0) is 11.2. The third-order valence-electron chi connectivity index (χ3n) is 2.44. The predicted octanol–water partition coefficient (Wildman–Crippen LogP) is -1.62. The zero-order valence-corrected chi connectivity index (χ0v) is 8.17. The summed E-state index contributed by atoms with van der Waals surface area (Å²) in [4.78, 5) is 28.5. The highest BCUT2D eigenvalue weighted by Crippen LogP contribution is 2.22. The molecule has 82 valence electrons. The van der Waals surface area contributed by atoms with E-state index in [9.17, 15) is 14.9 Å². The van der Waals surface area contributed by atoms with Crippen LogP contribution < -0.4 is 10.7 Å². The molecule has 2 N–H and O–H groups in total. The Bertz CT molecular complexity index is 355. The molecular weight excluding hydrogens is 204 g/mol. The first-order chi connectivity index (χ1) is 7.00. The summed E-state index contributed by atoms with van der Waals surface area (Å²) in [5.74, 6) is 0.0706. The van der Waals surface area contributed by atoms with Crippen molar-refractivity contribution in [2.75, 3.05) is 14.1 Å². The van der Waals surface area contributed by atoms with Gasteiger partial charge in [-0.25, -0.2) is 19.9 Å². The summed E-state index contributed by atoms with van der Waals surface area (Å²) >= 11 is 0. The standard InChI is InChI=1S/C6H10N6O3/c1-10-3-4(11(2)6(10)13)8-5(7-3)9-12(14)15/h3-4H,1-2H3,(H2,7,8,9)/t3-,4-/m0/s1. The summed E-state index contributed by atoms with van der Waals surface area (Å²) in [5, 5.41) is 12.2. The van der Waals surface area contributed by atoms with Crippen LogP contribution in [0.1, 0.15) is 0 Å². The van der Waals surface area contributed by atoms with Crippen molar-refractivity contribution >= 4 is 12.0 Å². The molecule has 15 heavy (non-hydrogen) atoms. The van der Waals surface area contributed by atoms with E-state index in [1.165, 1.54) is 9.80 Å². The molecule has 0 aliphatic carbocycles. The van der Waals surface area contributed by atoms with Gasteiger partial charge in [-0.05, 0) is 0 Å². The van der Waals surface area contributed by atoms with E-state index in [4.69, 9.17) is 0 Å². The minimum absolute atomic E-state index is 0.0706. The van der Waals surface area contributed by atoms with Crippen LogP contribution in [0.25, 0.3) is 0 Å². The second-order valence-electron chi connectivity index (χ2n) is 3.35. The van der Waals surface area contributed by atoms with Crippen LogP contribution in [0.5, 0.6) is 0 Å². The van der Waals surface area contributed by atoms with Crippen LogP contribution in [-0.2, 0) is 0 Å². The lowest BCUT2D eigenvalue weighted by Gasteiger charge is -2.16. The van der Waals surface area contributed by atoms with Crippen molar-refractivity contribution in [2.24, 2.45) is 4.99 Å². The Morgan fingerprint density at radius 3 is 2.73 bits per heavy atom. The van der Waals surface area contributed by atoms with Crippen molar-refractivity contribution in [2.45, 2.75) is 12.3 Å². The molecule has 9 nitrogen and oxygen atoms in total. The molecule has 0 spiro atoms. The summed E-state index contributed by atoms with van der Waals surface area (Å²) in [6.45, 7) is 0. The third kappa shape index (κ3) is 1.32. The smallest absolute Gasteiger partial charge is 0.323 e. The van der Waals surface area contributed by atoms with Crippen LogP contribution in [0.3, 0.4) is 0 Å². The number of guanidine groups is 1. The highest BCUT2D eigenvalue weighted by molar-refractivity contribution is 5.85. The average molecular weight is 214 g/mol. The van der Waals surface area contributed by atoms with E-state index in [1.54, 1.807) is 14.1 Å². The topological polar surface area (TPSA) is 103 Å².